The molecule has 0 aliphatic carbocycles. The van der Waals surface area contributed by atoms with Gasteiger partial charge < -0.3 is 4.79 Å². The van der Waals surface area contributed by atoms with Gasteiger partial charge in [0, 0.05) is 23.3 Å². The standard InChI is InChI=1S/C12H11F4NO3/c13-10-5-3-9(4-6-10)11(17(19)20,12(14,15)16)7-1-2-8-18/h3-6,8H,1-2,7H2. The van der Waals surface area contributed by atoms with E-state index in [9.17, 15) is 32.5 Å². The molecule has 0 spiro atoms. The van der Waals surface area contributed by atoms with Gasteiger partial charge in [0.2, 0.25) is 0 Å². The lowest BCUT2D eigenvalue weighted by Gasteiger charge is -2.27. The number of alkyl halides is 3. The number of nitro groups is 1. The second-order valence-electron chi connectivity index (χ2n) is 4.18. The predicted molar refractivity (Wildman–Crippen MR) is 61.0 cm³/mol. The highest BCUT2D eigenvalue weighted by atomic mass is 19.4. The van der Waals surface area contributed by atoms with Gasteiger partial charge >= 0.3 is 11.7 Å². The Morgan fingerprint density at radius 1 is 1.20 bits per heavy atom. The fourth-order valence-corrected chi connectivity index (χ4v) is 1.92. The van der Waals surface area contributed by atoms with E-state index < -0.39 is 34.4 Å². The van der Waals surface area contributed by atoms with E-state index in [1.165, 1.54) is 0 Å². The highest BCUT2D eigenvalue weighted by molar-refractivity contribution is 5.49. The molecule has 1 aromatic rings. The summed E-state index contributed by atoms with van der Waals surface area (Å²) in [5.74, 6) is -0.791. The van der Waals surface area contributed by atoms with Crippen LogP contribution in [0, 0.1) is 15.9 Å². The van der Waals surface area contributed by atoms with Gasteiger partial charge in [-0.05, 0) is 30.7 Å². The van der Waals surface area contributed by atoms with Gasteiger partial charge in [0.05, 0.1) is 0 Å². The maximum atomic E-state index is 13.2. The number of aldehydes is 1. The second-order valence-corrected chi connectivity index (χ2v) is 4.18. The van der Waals surface area contributed by atoms with Crippen molar-refractivity contribution in [1.29, 1.82) is 0 Å². The summed E-state index contributed by atoms with van der Waals surface area (Å²) < 4.78 is 52.4. The Morgan fingerprint density at radius 2 is 1.75 bits per heavy atom. The molecule has 0 saturated heterocycles. The molecule has 1 rings (SSSR count). The highest BCUT2D eigenvalue weighted by Gasteiger charge is 2.66. The van der Waals surface area contributed by atoms with Crippen LogP contribution in [-0.4, -0.2) is 17.4 Å². The van der Waals surface area contributed by atoms with E-state index in [1.54, 1.807) is 0 Å². The van der Waals surface area contributed by atoms with Gasteiger partial charge in [-0.25, -0.2) is 4.39 Å². The molecule has 0 aliphatic heterocycles. The van der Waals surface area contributed by atoms with Crippen molar-refractivity contribution in [3.8, 4) is 0 Å². The molecule has 0 radical (unpaired) electrons. The number of carbonyl (C=O) groups is 1. The normalized spacial score (nSPS) is 14.6. The van der Waals surface area contributed by atoms with Crippen LogP contribution in [-0.2, 0) is 10.3 Å². The molecular formula is C12H11F4NO3. The Bertz CT molecular complexity index is 486. The van der Waals surface area contributed by atoms with Gasteiger partial charge in [0.1, 0.15) is 12.1 Å². The maximum absolute atomic E-state index is 13.2. The molecule has 0 amide bonds. The molecule has 1 unspecified atom stereocenters. The molecular weight excluding hydrogens is 282 g/mol. The number of hydrogen-bond donors (Lipinski definition) is 0. The molecule has 4 nitrogen and oxygen atoms in total. The lowest BCUT2D eigenvalue weighted by atomic mass is 9.84. The van der Waals surface area contributed by atoms with Gasteiger partial charge in [0.15, 0.2) is 0 Å². The summed E-state index contributed by atoms with van der Waals surface area (Å²) >= 11 is 0. The molecule has 1 aromatic carbocycles. The zero-order valence-electron chi connectivity index (χ0n) is 10.2. The topological polar surface area (TPSA) is 60.2 Å². The van der Waals surface area contributed by atoms with E-state index in [2.05, 4.69) is 0 Å². The van der Waals surface area contributed by atoms with Gasteiger partial charge in [-0.3, -0.25) is 10.1 Å². The number of carbonyl (C=O) groups excluding carboxylic acids is 1. The van der Waals surface area contributed by atoms with E-state index in [-0.39, 0.29) is 12.8 Å². The van der Waals surface area contributed by atoms with Crippen LogP contribution in [0.2, 0.25) is 0 Å². The third-order valence-electron chi connectivity index (χ3n) is 2.96. The first-order valence-electron chi connectivity index (χ1n) is 5.66. The number of benzene rings is 1. The first-order valence-corrected chi connectivity index (χ1v) is 5.66. The number of rotatable bonds is 6. The molecule has 0 saturated carbocycles. The molecule has 0 heterocycles. The zero-order chi connectivity index (χ0) is 15.4. The molecule has 20 heavy (non-hydrogen) atoms. The Labute approximate surface area is 111 Å². The van der Waals surface area contributed by atoms with Crippen LogP contribution in [0.5, 0.6) is 0 Å². The smallest absolute Gasteiger partial charge is 0.303 e. The SMILES string of the molecule is O=CCCCC(c1ccc(F)cc1)([N+](=O)[O-])C(F)(F)F. The van der Waals surface area contributed by atoms with Crippen molar-refractivity contribution in [1.82, 2.24) is 0 Å². The molecule has 1 atom stereocenters. The summed E-state index contributed by atoms with van der Waals surface area (Å²) in [5, 5.41) is 11.1. The lowest BCUT2D eigenvalue weighted by molar-refractivity contribution is -0.625. The van der Waals surface area contributed by atoms with Crippen molar-refractivity contribution < 1.29 is 27.3 Å². The minimum absolute atomic E-state index is 0.215. The van der Waals surface area contributed by atoms with Crippen molar-refractivity contribution in [2.75, 3.05) is 0 Å². The van der Waals surface area contributed by atoms with Crippen molar-refractivity contribution in [3.63, 3.8) is 0 Å². The quantitative estimate of drug-likeness (QED) is 0.266. The van der Waals surface area contributed by atoms with E-state index in [4.69, 9.17) is 0 Å². The van der Waals surface area contributed by atoms with Gasteiger partial charge in [-0.2, -0.15) is 13.2 Å². The van der Waals surface area contributed by atoms with Crippen molar-refractivity contribution in [3.05, 3.63) is 45.8 Å². The van der Waals surface area contributed by atoms with Gasteiger partial charge in [-0.1, -0.05) is 0 Å². The largest absolute Gasteiger partial charge is 0.465 e. The third kappa shape index (κ3) is 2.94. The summed E-state index contributed by atoms with van der Waals surface area (Å²) in [6.07, 6.45) is -6.15. The van der Waals surface area contributed by atoms with Gasteiger partial charge in [0.25, 0.3) is 0 Å². The molecule has 0 fully saturated rings. The summed E-state index contributed by atoms with van der Waals surface area (Å²) in [5.41, 5.74) is -3.98. The van der Waals surface area contributed by atoms with E-state index in [1.807, 2.05) is 0 Å². The minimum atomic E-state index is -5.16. The summed E-state index contributed by atoms with van der Waals surface area (Å²) in [4.78, 5) is 19.8. The first kappa shape index (κ1) is 16.1. The Hall–Kier alpha value is -1.99. The molecule has 0 aliphatic rings. The maximum Gasteiger partial charge on any atom is 0.465 e. The Balaban J connectivity index is 3.33. The Kier molecular flexibility index (Phi) is 4.80. The highest BCUT2D eigenvalue weighted by Crippen LogP contribution is 2.45. The van der Waals surface area contributed by atoms with Crippen molar-refractivity contribution >= 4 is 6.29 Å². The lowest BCUT2D eigenvalue weighted by Crippen LogP contribution is -2.49. The number of unbranched alkanes of at least 4 members (excludes halogenated alkanes) is 1. The molecule has 0 N–H and O–H groups in total. The van der Waals surface area contributed by atoms with Crippen molar-refractivity contribution in [2.45, 2.75) is 31.0 Å². The van der Waals surface area contributed by atoms with Gasteiger partial charge in [-0.15, -0.1) is 0 Å². The fraction of sp³-hybridized carbons (Fsp3) is 0.417. The predicted octanol–water partition coefficient (Wildman–Crippen LogP) is 3.23. The summed E-state index contributed by atoms with van der Waals surface area (Å²) in [6, 6.07) is 2.96. The molecule has 8 heteroatoms. The van der Waals surface area contributed by atoms with E-state index in [0.717, 1.165) is 24.3 Å². The summed E-state index contributed by atoms with van der Waals surface area (Å²) in [7, 11) is 0. The Morgan fingerprint density at radius 3 is 2.15 bits per heavy atom. The van der Waals surface area contributed by atoms with Crippen LogP contribution in [0.25, 0.3) is 0 Å². The fourth-order valence-electron chi connectivity index (χ4n) is 1.92. The average Bonchev–Trinajstić information content (AvgIpc) is 2.34. The van der Waals surface area contributed by atoms with Crippen LogP contribution in [0.15, 0.2) is 24.3 Å². The number of nitrogens with zero attached hydrogens (tertiary/aromatic N) is 1. The van der Waals surface area contributed by atoms with Crippen LogP contribution in [0.3, 0.4) is 0 Å². The second kappa shape index (κ2) is 5.98. The van der Waals surface area contributed by atoms with Crippen LogP contribution in [0.1, 0.15) is 24.8 Å². The minimum Gasteiger partial charge on any atom is -0.303 e. The zero-order valence-corrected chi connectivity index (χ0v) is 10.2. The molecule has 110 valence electrons. The summed E-state index contributed by atoms with van der Waals surface area (Å²) in [6.45, 7) is 0. The third-order valence-corrected chi connectivity index (χ3v) is 2.96. The molecule has 0 bridgehead atoms. The van der Waals surface area contributed by atoms with Crippen LogP contribution >= 0.6 is 0 Å². The molecule has 0 aromatic heterocycles. The number of halogens is 4. The van der Waals surface area contributed by atoms with E-state index >= 15 is 0 Å². The monoisotopic (exact) mass is 293 g/mol. The average molecular weight is 293 g/mol. The van der Waals surface area contributed by atoms with Crippen LogP contribution in [0.4, 0.5) is 17.6 Å². The first-order chi connectivity index (χ1) is 9.25. The van der Waals surface area contributed by atoms with Crippen LogP contribution < -0.4 is 0 Å². The number of hydrogen-bond acceptors (Lipinski definition) is 3. The van der Waals surface area contributed by atoms with E-state index in [0.29, 0.717) is 6.29 Å². The van der Waals surface area contributed by atoms with Crippen molar-refractivity contribution in [2.24, 2.45) is 0 Å².